The van der Waals surface area contributed by atoms with E-state index in [9.17, 15) is 9.90 Å². The second-order valence-electron chi connectivity index (χ2n) is 7.07. The van der Waals surface area contributed by atoms with Gasteiger partial charge in [0.05, 0.1) is 6.10 Å². The van der Waals surface area contributed by atoms with Crippen LogP contribution < -0.4 is 20.7 Å². The summed E-state index contributed by atoms with van der Waals surface area (Å²) in [7, 11) is 0. The first-order chi connectivity index (χ1) is 11.7. The van der Waals surface area contributed by atoms with Crippen LogP contribution in [0.4, 0.5) is 0 Å². The molecule has 1 unspecified atom stereocenters. The van der Waals surface area contributed by atoms with Gasteiger partial charge in [0, 0.05) is 42.3 Å². The molecule has 0 aliphatic carbocycles. The summed E-state index contributed by atoms with van der Waals surface area (Å²) in [5.74, 6) is 0.474. The fourth-order valence-electron chi connectivity index (χ4n) is 2.14. The molecule has 0 heterocycles. The zero-order chi connectivity index (χ0) is 18.9. The first-order valence-electron chi connectivity index (χ1n) is 8.49. The van der Waals surface area contributed by atoms with Crippen molar-refractivity contribution in [2.45, 2.75) is 45.9 Å². The summed E-state index contributed by atoms with van der Waals surface area (Å²) < 4.78 is 5.65. The lowest BCUT2D eigenvalue weighted by molar-refractivity contribution is -0.124. The van der Waals surface area contributed by atoms with Gasteiger partial charge in [-0.15, -0.1) is 0 Å². The van der Waals surface area contributed by atoms with Gasteiger partial charge in [0.25, 0.3) is 5.91 Å². The number of carbonyl (C=O) groups excluding carboxylic acids is 1. The van der Waals surface area contributed by atoms with Gasteiger partial charge in [-0.05, 0) is 45.9 Å². The molecule has 0 bridgehead atoms. The van der Waals surface area contributed by atoms with Gasteiger partial charge in [0.1, 0.15) is 5.75 Å². The van der Waals surface area contributed by atoms with Gasteiger partial charge in [-0.2, -0.15) is 0 Å². The Balaban J connectivity index is 2.48. The standard InChI is InChI=1S/C18H30ClN3O3/c1-13(23)10-20-7-8-21-11-14-9-15(19)5-6-16(14)25-12-17(24)22-18(2,3)4/h5-6,9,13,20-21,23H,7-8,10-12H2,1-4H3,(H,22,24). The number of carbonyl (C=O) groups is 1. The van der Waals surface area contributed by atoms with Gasteiger partial charge >= 0.3 is 0 Å². The zero-order valence-corrected chi connectivity index (χ0v) is 16.2. The number of aliphatic hydroxyl groups excluding tert-OH is 1. The highest BCUT2D eigenvalue weighted by molar-refractivity contribution is 6.30. The summed E-state index contributed by atoms with van der Waals surface area (Å²) >= 11 is 6.06. The van der Waals surface area contributed by atoms with Crippen molar-refractivity contribution in [2.24, 2.45) is 0 Å². The molecule has 0 radical (unpaired) electrons. The van der Waals surface area contributed by atoms with Gasteiger partial charge in [0.15, 0.2) is 6.61 Å². The van der Waals surface area contributed by atoms with Crippen molar-refractivity contribution in [2.75, 3.05) is 26.2 Å². The Morgan fingerprint density at radius 3 is 2.60 bits per heavy atom. The van der Waals surface area contributed by atoms with Gasteiger partial charge in [-0.1, -0.05) is 11.6 Å². The number of hydrogen-bond acceptors (Lipinski definition) is 5. The summed E-state index contributed by atoms with van der Waals surface area (Å²) in [6.07, 6.45) is -0.354. The third-order valence-electron chi connectivity index (χ3n) is 3.13. The molecule has 1 rings (SSSR count). The van der Waals surface area contributed by atoms with Crippen LogP contribution in [0.25, 0.3) is 0 Å². The molecule has 7 heteroatoms. The van der Waals surface area contributed by atoms with Crippen molar-refractivity contribution in [1.82, 2.24) is 16.0 Å². The molecule has 0 saturated heterocycles. The Kier molecular flexibility index (Phi) is 9.21. The van der Waals surface area contributed by atoms with Crippen LogP contribution in [0.3, 0.4) is 0 Å². The van der Waals surface area contributed by atoms with E-state index in [0.29, 0.717) is 23.9 Å². The van der Waals surface area contributed by atoms with Crippen LogP contribution in [0, 0.1) is 0 Å². The van der Waals surface area contributed by atoms with Crippen molar-refractivity contribution >= 4 is 17.5 Å². The Bertz CT molecular complexity index is 545. The Morgan fingerprint density at radius 1 is 1.28 bits per heavy atom. The number of benzene rings is 1. The van der Waals surface area contributed by atoms with E-state index in [1.807, 2.05) is 26.8 Å². The fraction of sp³-hybridized carbons (Fsp3) is 0.611. The van der Waals surface area contributed by atoms with Gasteiger partial charge < -0.3 is 25.8 Å². The molecular weight excluding hydrogens is 342 g/mol. The van der Waals surface area contributed by atoms with Crippen LogP contribution in [-0.4, -0.2) is 48.9 Å². The monoisotopic (exact) mass is 371 g/mol. The van der Waals surface area contributed by atoms with E-state index in [1.165, 1.54) is 0 Å². The zero-order valence-electron chi connectivity index (χ0n) is 15.5. The molecule has 1 amide bonds. The van der Waals surface area contributed by atoms with Crippen molar-refractivity contribution in [3.63, 3.8) is 0 Å². The molecule has 0 fully saturated rings. The van der Waals surface area contributed by atoms with Crippen molar-refractivity contribution in [1.29, 1.82) is 0 Å². The topological polar surface area (TPSA) is 82.6 Å². The average molecular weight is 372 g/mol. The van der Waals surface area contributed by atoms with Crippen LogP contribution in [0.1, 0.15) is 33.3 Å². The lowest BCUT2D eigenvalue weighted by Gasteiger charge is -2.21. The number of ether oxygens (including phenoxy) is 1. The highest BCUT2D eigenvalue weighted by Crippen LogP contribution is 2.22. The lowest BCUT2D eigenvalue weighted by Crippen LogP contribution is -2.43. The minimum atomic E-state index is -0.354. The molecule has 0 aromatic heterocycles. The number of nitrogens with one attached hydrogen (secondary N) is 3. The molecule has 1 aromatic rings. The predicted molar refractivity (Wildman–Crippen MR) is 101 cm³/mol. The fourth-order valence-corrected chi connectivity index (χ4v) is 2.33. The molecule has 0 spiro atoms. The number of aliphatic hydroxyl groups is 1. The molecule has 142 valence electrons. The van der Waals surface area contributed by atoms with Crippen LogP contribution in [0.15, 0.2) is 18.2 Å². The molecule has 0 aliphatic rings. The van der Waals surface area contributed by atoms with Crippen LogP contribution in [0.2, 0.25) is 5.02 Å². The maximum absolute atomic E-state index is 11.9. The minimum absolute atomic E-state index is 0.0398. The quantitative estimate of drug-likeness (QED) is 0.470. The van der Waals surface area contributed by atoms with Gasteiger partial charge in [-0.25, -0.2) is 0 Å². The van der Waals surface area contributed by atoms with Gasteiger partial charge in [-0.3, -0.25) is 4.79 Å². The highest BCUT2D eigenvalue weighted by atomic mass is 35.5. The van der Waals surface area contributed by atoms with Crippen LogP contribution >= 0.6 is 11.6 Å². The Labute approximate surface area is 155 Å². The third kappa shape index (κ3) is 10.3. The first kappa shape index (κ1) is 21.7. The molecule has 6 nitrogen and oxygen atoms in total. The van der Waals surface area contributed by atoms with Crippen molar-refractivity contribution in [3.8, 4) is 5.75 Å². The average Bonchev–Trinajstić information content (AvgIpc) is 2.47. The SMILES string of the molecule is CC(O)CNCCNCc1cc(Cl)ccc1OCC(=O)NC(C)(C)C. The smallest absolute Gasteiger partial charge is 0.258 e. The molecule has 0 saturated carbocycles. The Morgan fingerprint density at radius 2 is 1.96 bits per heavy atom. The predicted octanol–water partition coefficient (Wildman–Crippen LogP) is 1.69. The van der Waals surface area contributed by atoms with E-state index >= 15 is 0 Å². The van der Waals surface area contributed by atoms with Crippen molar-refractivity contribution < 1.29 is 14.6 Å². The molecule has 0 aliphatic heterocycles. The molecule has 1 atom stereocenters. The summed E-state index contributed by atoms with van der Waals surface area (Å²) in [6, 6.07) is 5.34. The second kappa shape index (κ2) is 10.6. The molecule has 25 heavy (non-hydrogen) atoms. The summed E-state index contributed by atoms with van der Waals surface area (Å²) in [5.41, 5.74) is 0.607. The van der Waals surface area contributed by atoms with E-state index in [2.05, 4.69) is 16.0 Å². The number of halogens is 1. The maximum Gasteiger partial charge on any atom is 0.258 e. The summed E-state index contributed by atoms with van der Waals surface area (Å²) in [5, 5.41) is 19.1. The van der Waals surface area contributed by atoms with E-state index in [1.54, 1.807) is 19.1 Å². The van der Waals surface area contributed by atoms with Crippen LogP contribution in [0.5, 0.6) is 5.75 Å². The van der Waals surface area contributed by atoms with E-state index in [4.69, 9.17) is 16.3 Å². The van der Waals surface area contributed by atoms with E-state index in [0.717, 1.165) is 18.7 Å². The van der Waals surface area contributed by atoms with Crippen LogP contribution in [-0.2, 0) is 11.3 Å². The van der Waals surface area contributed by atoms with Gasteiger partial charge in [0.2, 0.25) is 0 Å². The van der Waals surface area contributed by atoms with Crippen molar-refractivity contribution in [3.05, 3.63) is 28.8 Å². The highest BCUT2D eigenvalue weighted by Gasteiger charge is 2.14. The third-order valence-corrected chi connectivity index (χ3v) is 3.36. The number of rotatable bonds is 10. The maximum atomic E-state index is 11.9. The first-order valence-corrected chi connectivity index (χ1v) is 8.87. The Hall–Kier alpha value is -1.34. The summed E-state index contributed by atoms with van der Waals surface area (Å²) in [4.78, 5) is 11.9. The number of amides is 1. The molecular formula is C18H30ClN3O3. The molecule has 1 aromatic carbocycles. The van der Waals surface area contributed by atoms with E-state index < -0.39 is 0 Å². The van der Waals surface area contributed by atoms with E-state index in [-0.39, 0.29) is 24.2 Å². The lowest BCUT2D eigenvalue weighted by atomic mass is 10.1. The molecule has 4 N–H and O–H groups in total. The number of hydrogen-bond donors (Lipinski definition) is 4. The minimum Gasteiger partial charge on any atom is -0.483 e. The normalized spacial score (nSPS) is 12.7. The largest absolute Gasteiger partial charge is 0.483 e. The summed E-state index contributed by atoms with van der Waals surface area (Å²) in [6.45, 7) is 10.1. The second-order valence-corrected chi connectivity index (χ2v) is 7.51.